The highest BCUT2D eigenvalue weighted by Crippen LogP contribution is 2.29. The van der Waals surface area contributed by atoms with E-state index in [1.165, 1.54) is 0 Å². The summed E-state index contributed by atoms with van der Waals surface area (Å²) in [6.07, 6.45) is 0.747. The number of nitrogens with two attached hydrogens (primary N) is 1. The number of hydrogen-bond donors (Lipinski definition) is 4. The van der Waals surface area contributed by atoms with Gasteiger partial charge in [-0.25, -0.2) is 8.42 Å². The van der Waals surface area contributed by atoms with Crippen LogP contribution in [0.5, 0.6) is 5.75 Å². The molecule has 0 unspecified atom stereocenters. The van der Waals surface area contributed by atoms with E-state index in [9.17, 15) is 23.1 Å². The molecule has 3 aromatic rings. The van der Waals surface area contributed by atoms with Crippen molar-refractivity contribution < 1.29 is 27.9 Å². The number of carbonyl (C=O) groups excluding carboxylic acids is 2. The molecule has 12 heteroatoms. The molecule has 5 N–H and O–H groups in total. The van der Waals surface area contributed by atoms with Crippen LogP contribution >= 0.6 is 0 Å². The van der Waals surface area contributed by atoms with Crippen molar-refractivity contribution in [2.24, 2.45) is 5.92 Å². The van der Waals surface area contributed by atoms with Crippen molar-refractivity contribution in [3.8, 4) is 5.75 Å². The highest BCUT2D eigenvalue weighted by atomic mass is 32.2. The Hall–Kier alpha value is -4.13. The van der Waals surface area contributed by atoms with Crippen LogP contribution in [0.1, 0.15) is 35.3 Å². The lowest BCUT2D eigenvalue weighted by Crippen LogP contribution is -2.47. The summed E-state index contributed by atoms with van der Waals surface area (Å²) in [4.78, 5) is 29.9. The van der Waals surface area contributed by atoms with Gasteiger partial charge in [0.1, 0.15) is 11.9 Å². The van der Waals surface area contributed by atoms with Crippen LogP contribution in [-0.4, -0.2) is 80.3 Å². The molecule has 0 fully saturated rings. The van der Waals surface area contributed by atoms with Crippen molar-refractivity contribution in [2.75, 3.05) is 48.8 Å². The number of nitrogen functional groups attached to an aromatic ring is 1. The lowest BCUT2D eigenvalue weighted by atomic mass is 10.0. The molecule has 44 heavy (non-hydrogen) atoms. The largest absolute Gasteiger partial charge is 0.488 e. The molecular weight excluding hydrogens is 582 g/mol. The van der Waals surface area contributed by atoms with Gasteiger partial charge in [-0.1, -0.05) is 31.2 Å². The predicted octanol–water partition coefficient (Wildman–Crippen LogP) is 3.17. The molecule has 0 aromatic heterocycles. The number of para-hydroxylation sites is 2. The van der Waals surface area contributed by atoms with Crippen LogP contribution < -0.4 is 20.5 Å². The van der Waals surface area contributed by atoms with Gasteiger partial charge in [-0.05, 0) is 62.0 Å². The second-order valence-corrected chi connectivity index (χ2v) is 13.3. The first-order valence-electron chi connectivity index (χ1n) is 14.4. The summed E-state index contributed by atoms with van der Waals surface area (Å²) < 4.78 is 32.6. The third-order valence-corrected chi connectivity index (χ3v) is 8.20. The Morgan fingerprint density at radius 2 is 1.86 bits per heavy atom. The SMILES string of the molecule is C[C@H](CO)N1C[C@H](C)[C@H](CN(C)Cc2ccc(C(=O)Nc3ccccc3N)cc2)Oc2ccc(NS(C)(=O)=O)cc2CC1=O. The number of fused-ring (bicyclic) bond motifs is 1. The molecule has 0 bridgehead atoms. The number of rotatable bonds is 10. The number of sulfonamides is 1. The number of nitrogens with one attached hydrogen (secondary N) is 2. The number of likely N-dealkylation sites (N-methyl/N-ethyl adjacent to an activating group) is 1. The van der Waals surface area contributed by atoms with Crippen molar-refractivity contribution in [3.05, 3.63) is 83.4 Å². The first-order valence-corrected chi connectivity index (χ1v) is 16.3. The smallest absolute Gasteiger partial charge is 0.255 e. The maximum Gasteiger partial charge on any atom is 0.255 e. The number of carbonyl (C=O) groups is 2. The Labute approximate surface area is 259 Å². The predicted molar refractivity (Wildman–Crippen MR) is 172 cm³/mol. The van der Waals surface area contributed by atoms with Crippen LogP contribution in [0.3, 0.4) is 0 Å². The molecule has 0 radical (unpaired) electrons. The summed E-state index contributed by atoms with van der Waals surface area (Å²) in [6, 6.07) is 19.0. The molecule has 1 heterocycles. The second-order valence-electron chi connectivity index (χ2n) is 11.5. The molecule has 3 aromatic carbocycles. The van der Waals surface area contributed by atoms with Crippen LogP contribution in [0.4, 0.5) is 17.1 Å². The fraction of sp³-hybridized carbons (Fsp3) is 0.375. The van der Waals surface area contributed by atoms with Gasteiger partial charge in [-0.2, -0.15) is 0 Å². The number of amides is 2. The molecule has 1 aliphatic heterocycles. The van der Waals surface area contributed by atoms with E-state index >= 15 is 0 Å². The average molecular weight is 624 g/mol. The van der Waals surface area contributed by atoms with Crippen molar-refractivity contribution in [3.63, 3.8) is 0 Å². The van der Waals surface area contributed by atoms with E-state index in [2.05, 4.69) is 14.9 Å². The lowest BCUT2D eigenvalue weighted by Gasteiger charge is -2.34. The number of aliphatic hydroxyl groups excluding tert-OH is 1. The quantitative estimate of drug-likeness (QED) is 0.251. The van der Waals surface area contributed by atoms with E-state index in [4.69, 9.17) is 10.5 Å². The Kier molecular flexibility index (Phi) is 10.5. The monoisotopic (exact) mass is 623 g/mol. The Morgan fingerprint density at radius 3 is 2.52 bits per heavy atom. The van der Waals surface area contributed by atoms with E-state index in [1.54, 1.807) is 60.4 Å². The normalized spacial score (nSPS) is 18.0. The van der Waals surface area contributed by atoms with Gasteiger partial charge < -0.3 is 25.8 Å². The average Bonchev–Trinajstić information content (AvgIpc) is 3.00. The van der Waals surface area contributed by atoms with Gasteiger partial charge in [0.05, 0.1) is 36.7 Å². The summed E-state index contributed by atoms with van der Waals surface area (Å²) in [5, 5.41) is 12.7. The summed E-state index contributed by atoms with van der Waals surface area (Å²) in [7, 11) is -1.54. The zero-order chi connectivity index (χ0) is 32.0. The minimum Gasteiger partial charge on any atom is -0.488 e. The van der Waals surface area contributed by atoms with Gasteiger partial charge in [-0.3, -0.25) is 19.2 Å². The fourth-order valence-corrected chi connectivity index (χ4v) is 5.73. The number of aliphatic hydroxyl groups is 1. The van der Waals surface area contributed by atoms with Crippen molar-refractivity contribution in [2.45, 2.75) is 39.0 Å². The fourth-order valence-electron chi connectivity index (χ4n) is 5.18. The molecular formula is C32H41N5O6S. The third kappa shape index (κ3) is 8.71. The molecule has 0 saturated carbocycles. The third-order valence-electron chi connectivity index (χ3n) is 7.59. The number of nitrogens with zero attached hydrogens (tertiary/aromatic N) is 2. The number of ether oxygens (including phenoxy) is 1. The van der Waals surface area contributed by atoms with Gasteiger partial charge in [0.25, 0.3) is 5.91 Å². The Bertz CT molecular complexity index is 1580. The Balaban J connectivity index is 1.50. The van der Waals surface area contributed by atoms with Crippen LogP contribution in [0.2, 0.25) is 0 Å². The van der Waals surface area contributed by atoms with Gasteiger partial charge in [0.15, 0.2) is 0 Å². The molecule has 0 spiro atoms. The minimum atomic E-state index is -3.51. The standard InChI is InChI=1S/C32H41N5O6S/c1-21-17-37(22(2)20-38)31(39)16-25-15-26(35-44(4,41)42)13-14-29(25)43-30(21)19-36(3)18-23-9-11-24(12-10-23)32(40)34-28-8-6-5-7-27(28)33/h5-15,21-22,30,35,38H,16-20,33H2,1-4H3,(H,34,40)/t21-,22+,30-/m0/s1. The zero-order valence-electron chi connectivity index (χ0n) is 25.5. The zero-order valence-corrected chi connectivity index (χ0v) is 26.3. The van der Waals surface area contributed by atoms with Crippen LogP contribution in [0.15, 0.2) is 66.7 Å². The molecule has 3 atom stereocenters. The van der Waals surface area contributed by atoms with Crippen molar-refractivity contribution >= 4 is 38.9 Å². The molecule has 4 rings (SSSR count). The first kappa shape index (κ1) is 32.8. The number of benzene rings is 3. The molecule has 236 valence electrons. The molecule has 0 aliphatic carbocycles. The van der Waals surface area contributed by atoms with Gasteiger partial charge in [-0.15, -0.1) is 0 Å². The van der Waals surface area contributed by atoms with E-state index in [0.29, 0.717) is 53.6 Å². The lowest BCUT2D eigenvalue weighted by molar-refractivity contribution is -0.134. The first-order chi connectivity index (χ1) is 20.8. The van der Waals surface area contributed by atoms with E-state index in [0.717, 1.165) is 11.8 Å². The van der Waals surface area contributed by atoms with Gasteiger partial charge in [0, 0.05) is 42.4 Å². The van der Waals surface area contributed by atoms with E-state index in [-0.39, 0.29) is 36.9 Å². The maximum atomic E-state index is 13.4. The maximum absolute atomic E-state index is 13.4. The number of anilines is 3. The highest BCUT2D eigenvalue weighted by Gasteiger charge is 2.31. The highest BCUT2D eigenvalue weighted by molar-refractivity contribution is 7.92. The summed E-state index contributed by atoms with van der Waals surface area (Å²) >= 11 is 0. The summed E-state index contributed by atoms with van der Waals surface area (Å²) in [5.41, 5.74) is 9.41. The number of hydrogen-bond acceptors (Lipinski definition) is 8. The van der Waals surface area contributed by atoms with Crippen LogP contribution in [-0.2, 0) is 27.8 Å². The topological polar surface area (TPSA) is 154 Å². The summed E-state index contributed by atoms with van der Waals surface area (Å²) in [5.74, 6) is -0.00421. The molecule has 2 amide bonds. The Morgan fingerprint density at radius 1 is 1.16 bits per heavy atom. The van der Waals surface area contributed by atoms with Gasteiger partial charge >= 0.3 is 0 Å². The van der Waals surface area contributed by atoms with E-state index in [1.807, 2.05) is 32.2 Å². The van der Waals surface area contributed by atoms with Crippen molar-refractivity contribution in [1.82, 2.24) is 9.80 Å². The van der Waals surface area contributed by atoms with E-state index < -0.39 is 16.1 Å². The molecule has 0 saturated heterocycles. The summed E-state index contributed by atoms with van der Waals surface area (Å²) in [6.45, 7) is 5.12. The van der Waals surface area contributed by atoms with Crippen molar-refractivity contribution in [1.29, 1.82) is 0 Å². The molecule has 1 aliphatic rings. The van der Waals surface area contributed by atoms with Crippen LogP contribution in [0.25, 0.3) is 0 Å². The van der Waals surface area contributed by atoms with Crippen LogP contribution in [0, 0.1) is 5.92 Å². The van der Waals surface area contributed by atoms with Gasteiger partial charge in [0.2, 0.25) is 15.9 Å². The molecule has 11 nitrogen and oxygen atoms in total. The second kappa shape index (κ2) is 14.1. The minimum absolute atomic E-state index is 0.00499.